The highest BCUT2D eigenvalue weighted by Gasteiger charge is 2.31. The Balaban J connectivity index is 1.48. The standard InChI is InChI=1S/C26H28N2O3S/c1-18-9-11-22(19(2)15-18)27-26(29)28-13-14-32-25(28)21-10-12-23(24(16-21)30-3)31-17-20-7-5-4-6-8-20/h4-12,15-16,25H,13-14,17H2,1-3H3,(H,27,29). The number of benzene rings is 3. The van der Waals surface area contributed by atoms with Crippen LogP contribution in [0.2, 0.25) is 0 Å². The molecule has 3 aromatic rings. The summed E-state index contributed by atoms with van der Waals surface area (Å²) in [6.07, 6.45) is 0. The van der Waals surface area contributed by atoms with Crippen LogP contribution in [0.1, 0.15) is 27.6 Å². The first-order valence-corrected chi connectivity index (χ1v) is 11.7. The van der Waals surface area contributed by atoms with Gasteiger partial charge in [-0.3, -0.25) is 0 Å². The van der Waals surface area contributed by atoms with Gasteiger partial charge in [-0.1, -0.05) is 54.1 Å². The number of hydrogen-bond donors (Lipinski definition) is 1. The molecule has 32 heavy (non-hydrogen) atoms. The SMILES string of the molecule is COc1cc(C2SCCN2C(=O)Nc2ccc(C)cc2C)ccc1OCc1ccccc1. The lowest BCUT2D eigenvalue weighted by molar-refractivity contribution is 0.214. The van der Waals surface area contributed by atoms with Crippen LogP contribution >= 0.6 is 11.8 Å². The Morgan fingerprint density at radius 3 is 2.62 bits per heavy atom. The largest absolute Gasteiger partial charge is 0.493 e. The van der Waals surface area contributed by atoms with Crippen molar-refractivity contribution in [2.45, 2.75) is 25.8 Å². The molecule has 1 fully saturated rings. The molecule has 2 amide bonds. The molecule has 0 aromatic heterocycles. The molecule has 166 valence electrons. The molecule has 5 nitrogen and oxygen atoms in total. The van der Waals surface area contributed by atoms with Gasteiger partial charge in [0.1, 0.15) is 12.0 Å². The first-order chi connectivity index (χ1) is 15.5. The zero-order valence-electron chi connectivity index (χ0n) is 18.6. The molecular formula is C26H28N2O3S. The van der Waals surface area contributed by atoms with E-state index in [4.69, 9.17) is 9.47 Å². The van der Waals surface area contributed by atoms with E-state index in [-0.39, 0.29) is 11.4 Å². The van der Waals surface area contributed by atoms with Crippen molar-refractivity contribution in [2.75, 3.05) is 24.7 Å². The van der Waals surface area contributed by atoms with Gasteiger partial charge in [0, 0.05) is 18.0 Å². The molecular weight excluding hydrogens is 420 g/mol. The van der Waals surface area contributed by atoms with Crippen LogP contribution in [0.15, 0.2) is 66.7 Å². The molecule has 1 unspecified atom stereocenters. The second-order valence-corrected chi connectivity index (χ2v) is 9.04. The Bertz CT molecular complexity index is 1090. The highest BCUT2D eigenvalue weighted by Crippen LogP contribution is 2.41. The van der Waals surface area contributed by atoms with E-state index < -0.39 is 0 Å². The number of aryl methyl sites for hydroxylation is 2. The summed E-state index contributed by atoms with van der Waals surface area (Å²) in [4.78, 5) is 14.9. The molecule has 1 N–H and O–H groups in total. The second kappa shape index (κ2) is 10.0. The fraction of sp³-hybridized carbons (Fsp3) is 0.269. The van der Waals surface area contributed by atoms with E-state index in [0.717, 1.165) is 28.1 Å². The van der Waals surface area contributed by atoms with E-state index in [9.17, 15) is 4.79 Å². The maximum Gasteiger partial charge on any atom is 0.323 e. The van der Waals surface area contributed by atoms with Gasteiger partial charge in [0.2, 0.25) is 0 Å². The van der Waals surface area contributed by atoms with Gasteiger partial charge in [-0.15, -0.1) is 11.8 Å². The number of ether oxygens (including phenoxy) is 2. The fourth-order valence-electron chi connectivity index (χ4n) is 3.79. The first kappa shape index (κ1) is 22.1. The molecule has 1 heterocycles. The molecule has 6 heteroatoms. The Hall–Kier alpha value is -3.12. The summed E-state index contributed by atoms with van der Waals surface area (Å²) in [5, 5.41) is 3.00. The first-order valence-electron chi connectivity index (χ1n) is 10.7. The molecule has 0 spiro atoms. The van der Waals surface area contributed by atoms with Crippen LogP contribution in [0.3, 0.4) is 0 Å². The molecule has 1 aliphatic heterocycles. The number of nitrogens with zero attached hydrogens (tertiary/aromatic N) is 1. The summed E-state index contributed by atoms with van der Waals surface area (Å²) in [6, 6.07) is 21.9. The van der Waals surface area contributed by atoms with Crippen molar-refractivity contribution in [3.05, 3.63) is 89.0 Å². The van der Waals surface area contributed by atoms with Crippen LogP contribution in [0.25, 0.3) is 0 Å². The van der Waals surface area contributed by atoms with Crippen LogP contribution < -0.4 is 14.8 Å². The van der Waals surface area contributed by atoms with Gasteiger partial charge < -0.3 is 19.7 Å². The average molecular weight is 449 g/mol. The minimum Gasteiger partial charge on any atom is -0.493 e. The van der Waals surface area contributed by atoms with E-state index in [0.29, 0.717) is 24.7 Å². The molecule has 0 bridgehead atoms. The van der Waals surface area contributed by atoms with Gasteiger partial charge in [-0.2, -0.15) is 0 Å². The molecule has 0 saturated carbocycles. The summed E-state index contributed by atoms with van der Waals surface area (Å²) in [7, 11) is 1.64. The summed E-state index contributed by atoms with van der Waals surface area (Å²) in [6.45, 7) is 5.23. The van der Waals surface area contributed by atoms with Gasteiger partial charge in [0.15, 0.2) is 11.5 Å². The normalized spacial score (nSPS) is 15.5. The smallest absolute Gasteiger partial charge is 0.323 e. The number of nitrogens with one attached hydrogen (secondary N) is 1. The van der Waals surface area contributed by atoms with Crippen LogP contribution in [0.4, 0.5) is 10.5 Å². The van der Waals surface area contributed by atoms with Crippen molar-refractivity contribution in [3.8, 4) is 11.5 Å². The Morgan fingerprint density at radius 1 is 1.06 bits per heavy atom. The maximum absolute atomic E-state index is 13.1. The van der Waals surface area contributed by atoms with Crippen molar-refractivity contribution in [2.24, 2.45) is 0 Å². The highest BCUT2D eigenvalue weighted by atomic mass is 32.2. The minimum atomic E-state index is -0.0877. The molecule has 0 radical (unpaired) electrons. The molecule has 1 aliphatic rings. The van der Waals surface area contributed by atoms with E-state index in [1.54, 1.807) is 18.9 Å². The van der Waals surface area contributed by atoms with Crippen molar-refractivity contribution < 1.29 is 14.3 Å². The number of rotatable bonds is 6. The van der Waals surface area contributed by atoms with Crippen LogP contribution in [-0.4, -0.2) is 30.3 Å². The highest BCUT2D eigenvalue weighted by molar-refractivity contribution is 7.99. The fourth-order valence-corrected chi connectivity index (χ4v) is 5.03. The third-order valence-corrected chi connectivity index (χ3v) is 6.75. The Morgan fingerprint density at radius 2 is 1.88 bits per heavy atom. The van der Waals surface area contributed by atoms with E-state index >= 15 is 0 Å². The summed E-state index contributed by atoms with van der Waals surface area (Å²) in [5.74, 6) is 2.24. The third kappa shape index (κ3) is 5.02. The number of methoxy groups -OCH3 is 1. The maximum atomic E-state index is 13.1. The zero-order chi connectivity index (χ0) is 22.5. The van der Waals surface area contributed by atoms with Crippen molar-refractivity contribution >= 4 is 23.5 Å². The van der Waals surface area contributed by atoms with Crippen molar-refractivity contribution in [3.63, 3.8) is 0 Å². The zero-order valence-corrected chi connectivity index (χ0v) is 19.4. The number of urea groups is 1. The number of amides is 2. The quantitative estimate of drug-likeness (QED) is 0.490. The van der Waals surface area contributed by atoms with E-state index in [1.807, 2.05) is 79.4 Å². The predicted molar refractivity (Wildman–Crippen MR) is 131 cm³/mol. The van der Waals surface area contributed by atoms with E-state index in [1.165, 1.54) is 5.56 Å². The second-order valence-electron chi connectivity index (χ2n) is 7.85. The number of carbonyl (C=O) groups excluding carboxylic acids is 1. The van der Waals surface area contributed by atoms with Crippen molar-refractivity contribution in [1.82, 2.24) is 4.90 Å². The van der Waals surface area contributed by atoms with Crippen LogP contribution in [-0.2, 0) is 6.61 Å². The molecule has 1 saturated heterocycles. The molecule has 3 aromatic carbocycles. The molecule has 0 aliphatic carbocycles. The Labute approximate surface area is 193 Å². The third-order valence-electron chi connectivity index (χ3n) is 5.49. The topological polar surface area (TPSA) is 50.8 Å². The van der Waals surface area contributed by atoms with Gasteiger partial charge in [-0.05, 0) is 48.7 Å². The van der Waals surface area contributed by atoms with Crippen LogP contribution in [0.5, 0.6) is 11.5 Å². The van der Waals surface area contributed by atoms with Gasteiger partial charge in [0.05, 0.1) is 7.11 Å². The minimum absolute atomic E-state index is 0.0715. The monoisotopic (exact) mass is 448 g/mol. The summed E-state index contributed by atoms with van der Waals surface area (Å²) >= 11 is 1.75. The van der Waals surface area contributed by atoms with Gasteiger partial charge >= 0.3 is 6.03 Å². The Kier molecular flexibility index (Phi) is 6.90. The van der Waals surface area contributed by atoms with E-state index in [2.05, 4.69) is 11.4 Å². The summed E-state index contributed by atoms with van der Waals surface area (Å²) < 4.78 is 11.6. The lowest BCUT2D eigenvalue weighted by Gasteiger charge is -2.25. The average Bonchev–Trinajstić information content (AvgIpc) is 3.30. The molecule has 1 atom stereocenters. The number of thioether (sulfide) groups is 1. The van der Waals surface area contributed by atoms with Crippen LogP contribution in [0, 0.1) is 13.8 Å². The summed E-state index contributed by atoms with van der Waals surface area (Å²) in [5.41, 5.74) is 5.20. The van der Waals surface area contributed by atoms with Crippen molar-refractivity contribution in [1.29, 1.82) is 0 Å². The molecule has 4 rings (SSSR count). The number of hydrogen-bond acceptors (Lipinski definition) is 4. The number of carbonyl (C=O) groups is 1. The lowest BCUT2D eigenvalue weighted by atomic mass is 10.1. The van der Waals surface area contributed by atoms with Gasteiger partial charge in [0.25, 0.3) is 0 Å². The van der Waals surface area contributed by atoms with Gasteiger partial charge in [-0.25, -0.2) is 4.79 Å². The number of anilines is 1. The predicted octanol–water partition coefficient (Wildman–Crippen LogP) is 6.17. The lowest BCUT2D eigenvalue weighted by Crippen LogP contribution is -2.34.